The maximum atomic E-state index is 12.1. The lowest BCUT2D eigenvalue weighted by molar-refractivity contribution is -0.147. The van der Waals surface area contributed by atoms with Crippen LogP contribution in [0.2, 0.25) is 0 Å². The quantitative estimate of drug-likeness (QED) is 0.432. The molecule has 0 unspecified atom stereocenters. The lowest BCUT2D eigenvalue weighted by Crippen LogP contribution is -2.35. The summed E-state index contributed by atoms with van der Waals surface area (Å²) < 4.78 is 15.9. The van der Waals surface area contributed by atoms with Gasteiger partial charge >= 0.3 is 12.1 Å². The van der Waals surface area contributed by atoms with E-state index in [1.54, 1.807) is 26.0 Å². The Morgan fingerprint density at radius 2 is 2.03 bits per heavy atom. The van der Waals surface area contributed by atoms with Crippen molar-refractivity contribution in [1.82, 2.24) is 5.32 Å². The number of amides is 1. The predicted molar refractivity (Wildman–Crippen MR) is 121 cm³/mol. The smallest absolute Gasteiger partial charge is 0.407 e. The molecular formula is C22H32N2O6S. The van der Waals surface area contributed by atoms with Gasteiger partial charge in [0.2, 0.25) is 0 Å². The third-order valence-electron chi connectivity index (χ3n) is 4.26. The highest BCUT2D eigenvalue weighted by atomic mass is 32.2. The molecule has 1 amide bonds. The zero-order chi connectivity index (χ0) is 23.1. The van der Waals surface area contributed by atoms with Gasteiger partial charge in [0.05, 0.1) is 13.2 Å². The number of aromatic hydroxyl groups is 1. The van der Waals surface area contributed by atoms with E-state index in [4.69, 9.17) is 14.2 Å². The molecule has 0 saturated heterocycles. The lowest BCUT2D eigenvalue weighted by Gasteiger charge is -2.19. The number of aliphatic imine (C=N–C) groups is 1. The highest BCUT2D eigenvalue weighted by Gasteiger charge is 2.40. The average molecular weight is 453 g/mol. The Kier molecular flexibility index (Phi) is 8.61. The second kappa shape index (κ2) is 10.7. The summed E-state index contributed by atoms with van der Waals surface area (Å²) in [6.45, 7) is 10.2. The highest BCUT2D eigenvalue weighted by Crippen LogP contribution is 2.36. The van der Waals surface area contributed by atoms with Gasteiger partial charge in [0.25, 0.3) is 0 Å². The second-order valence-electron chi connectivity index (χ2n) is 8.36. The molecule has 0 spiro atoms. The zero-order valence-corrected chi connectivity index (χ0v) is 19.6. The third kappa shape index (κ3) is 7.65. The average Bonchev–Trinajstić information content (AvgIpc) is 3.07. The summed E-state index contributed by atoms with van der Waals surface area (Å²) in [5.74, 6) is 0.690. The maximum Gasteiger partial charge on any atom is 0.407 e. The van der Waals surface area contributed by atoms with Crippen molar-refractivity contribution in [3.05, 3.63) is 23.8 Å². The van der Waals surface area contributed by atoms with Crippen molar-refractivity contribution in [2.45, 2.75) is 58.6 Å². The summed E-state index contributed by atoms with van der Waals surface area (Å²) >= 11 is 1.41. The standard InChI is InChI=1S/C22H32N2O6S/c1-6-28-19(26)22(5)14-31-18(24-22)16-10-9-15(13-17(16)25)29-12-8-7-11-23-20(27)30-21(2,3)4/h9-10,13,25H,6-8,11-12,14H2,1-5H3,(H,23,27)/t22-/m1/s1. The molecule has 1 heterocycles. The zero-order valence-electron chi connectivity index (χ0n) is 18.8. The minimum absolute atomic E-state index is 0.0449. The molecule has 31 heavy (non-hydrogen) atoms. The molecule has 0 aliphatic carbocycles. The number of phenols is 1. The summed E-state index contributed by atoms with van der Waals surface area (Å²) in [5, 5.41) is 13.7. The van der Waals surface area contributed by atoms with E-state index in [2.05, 4.69) is 10.3 Å². The Labute approximate surface area is 187 Å². The molecule has 0 aromatic heterocycles. The van der Waals surface area contributed by atoms with Crippen LogP contribution in [-0.4, -0.2) is 58.9 Å². The number of hydrogen-bond donors (Lipinski definition) is 2. The van der Waals surface area contributed by atoms with Crippen LogP contribution in [0.15, 0.2) is 23.2 Å². The Bertz CT molecular complexity index is 821. The van der Waals surface area contributed by atoms with Gasteiger partial charge in [0, 0.05) is 23.9 Å². The fourth-order valence-electron chi connectivity index (χ4n) is 2.73. The van der Waals surface area contributed by atoms with Crippen molar-refractivity contribution < 1.29 is 28.9 Å². The number of ether oxygens (including phenoxy) is 3. The predicted octanol–water partition coefficient (Wildman–Crippen LogP) is 3.89. The van der Waals surface area contributed by atoms with Gasteiger partial charge in [0.15, 0.2) is 5.54 Å². The first kappa shape index (κ1) is 24.8. The number of phenolic OH excluding ortho intramolecular Hbond substituents is 1. The molecule has 1 aliphatic rings. The summed E-state index contributed by atoms with van der Waals surface area (Å²) in [5.41, 5.74) is -0.890. The number of benzene rings is 1. The summed E-state index contributed by atoms with van der Waals surface area (Å²) in [6, 6.07) is 5.03. The van der Waals surface area contributed by atoms with Crippen LogP contribution in [0.4, 0.5) is 4.79 Å². The number of esters is 1. The van der Waals surface area contributed by atoms with Gasteiger partial charge in [-0.15, -0.1) is 11.8 Å². The number of alkyl carbamates (subject to hydrolysis) is 1. The Morgan fingerprint density at radius 3 is 2.68 bits per heavy atom. The van der Waals surface area contributed by atoms with Crippen LogP contribution in [0, 0.1) is 0 Å². The molecule has 1 aromatic rings. The van der Waals surface area contributed by atoms with Crippen molar-refractivity contribution in [2.75, 3.05) is 25.5 Å². The minimum atomic E-state index is -0.940. The molecule has 172 valence electrons. The molecule has 0 saturated carbocycles. The first-order chi connectivity index (χ1) is 14.5. The number of nitrogens with zero attached hydrogens (tertiary/aromatic N) is 1. The van der Waals surface area contributed by atoms with E-state index in [0.29, 0.717) is 41.9 Å². The fourth-order valence-corrected chi connectivity index (χ4v) is 3.92. The van der Waals surface area contributed by atoms with Gasteiger partial charge in [0.1, 0.15) is 22.1 Å². The fraction of sp³-hybridized carbons (Fsp3) is 0.591. The van der Waals surface area contributed by atoms with E-state index >= 15 is 0 Å². The minimum Gasteiger partial charge on any atom is -0.507 e. The van der Waals surface area contributed by atoms with Crippen LogP contribution in [0.3, 0.4) is 0 Å². The van der Waals surface area contributed by atoms with Crippen molar-refractivity contribution in [3.63, 3.8) is 0 Å². The molecule has 0 fully saturated rings. The number of hydrogen-bond acceptors (Lipinski definition) is 8. The van der Waals surface area contributed by atoms with Crippen LogP contribution >= 0.6 is 11.8 Å². The van der Waals surface area contributed by atoms with Crippen molar-refractivity contribution in [3.8, 4) is 11.5 Å². The van der Waals surface area contributed by atoms with Crippen LogP contribution in [0.1, 0.15) is 53.0 Å². The Hall–Kier alpha value is -2.42. The summed E-state index contributed by atoms with van der Waals surface area (Å²) in [4.78, 5) is 28.2. The van der Waals surface area contributed by atoms with Gasteiger partial charge in [-0.05, 0) is 59.6 Å². The van der Waals surface area contributed by atoms with Gasteiger partial charge in [-0.2, -0.15) is 0 Å². The van der Waals surface area contributed by atoms with E-state index in [0.717, 1.165) is 12.8 Å². The SMILES string of the molecule is CCOC(=O)[C@@]1(C)CSC(c2ccc(OCCCCNC(=O)OC(C)(C)C)cc2O)=N1. The molecule has 1 atom stereocenters. The second-order valence-corrected chi connectivity index (χ2v) is 9.33. The number of carbonyl (C=O) groups is 2. The van der Waals surface area contributed by atoms with Crippen LogP contribution in [-0.2, 0) is 14.3 Å². The van der Waals surface area contributed by atoms with E-state index in [-0.39, 0.29) is 11.7 Å². The number of nitrogens with one attached hydrogen (secondary N) is 1. The Morgan fingerprint density at radius 1 is 1.29 bits per heavy atom. The number of thioether (sulfide) groups is 1. The number of unbranched alkanes of at least 4 members (excludes halogenated alkanes) is 1. The molecule has 9 heteroatoms. The van der Waals surface area contributed by atoms with E-state index in [9.17, 15) is 14.7 Å². The molecule has 2 N–H and O–H groups in total. The normalized spacial score (nSPS) is 18.3. The topological polar surface area (TPSA) is 106 Å². The lowest BCUT2D eigenvalue weighted by atomic mass is 10.1. The van der Waals surface area contributed by atoms with E-state index in [1.165, 1.54) is 17.8 Å². The van der Waals surface area contributed by atoms with E-state index in [1.807, 2.05) is 20.8 Å². The monoisotopic (exact) mass is 452 g/mol. The van der Waals surface area contributed by atoms with E-state index < -0.39 is 17.2 Å². The Balaban J connectivity index is 1.80. The molecule has 1 aliphatic heterocycles. The molecule has 0 bridgehead atoms. The van der Waals surface area contributed by atoms with Crippen molar-refractivity contribution >= 4 is 28.9 Å². The van der Waals surface area contributed by atoms with Crippen LogP contribution in [0.5, 0.6) is 11.5 Å². The van der Waals surface area contributed by atoms with Gasteiger partial charge in [-0.1, -0.05) is 0 Å². The van der Waals surface area contributed by atoms with Crippen LogP contribution < -0.4 is 10.1 Å². The molecule has 1 aromatic carbocycles. The highest BCUT2D eigenvalue weighted by molar-refractivity contribution is 8.14. The number of rotatable bonds is 9. The molecular weight excluding hydrogens is 420 g/mol. The molecule has 0 radical (unpaired) electrons. The largest absolute Gasteiger partial charge is 0.507 e. The number of carbonyl (C=O) groups excluding carboxylic acids is 2. The summed E-state index contributed by atoms with van der Waals surface area (Å²) in [6.07, 6.45) is 1.04. The first-order valence-electron chi connectivity index (χ1n) is 10.4. The van der Waals surface area contributed by atoms with Crippen LogP contribution in [0.25, 0.3) is 0 Å². The van der Waals surface area contributed by atoms with Gasteiger partial charge < -0.3 is 24.6 Å². The van der Waals surface area contributed by atoms with Gasteiger partial charge in [-0.3, -0.25) is 4.99 Å². The first-order valence-corrected chi connectivity index (χ1v) is 11.4. The molecule has 8 nitrogen and oxygen atoms in total. The van der Waals surface area contributed by atoms with Crippen molar-refractivity contribution in [1.29, 1.82) is 0 Å². The molecule has 2 rings (SSSR count). The van der Waals surface area contributed by atoms with Gasteiger partial charge in [-0.25, -0.2) is 9.59 Å². The van der Waals surface area contributed by atoms with Crippen molar-refractivity contribution in [2.24, 2.45) is 4.99 Å². The third-order valence-corrected chi connectivity index (χ3v) is 5.55. The summed E-state index contributed by atoms with van der Waals surface area (Å²) in [7, 11) is 0. The maximum absolute atomic E-state index is 12.1.